The maximum Gasteiger partial charge on any atom is 0.118 e. The van der Waals surface area contributed by atoms with E-state index in [-0.39, 0.29) is 0 Å². The second kappa shape index (κ2) is 6.57. The van der Waals surface area contributed by atoms with Gasteiger partial charge in [0.2, 0.25) is 0 Å². The molecule has 0 bridgehead atoms. The van der Waals surface area contributed by atoms with Crippen LogP contribution in [0.5, 0.6) is 0 Å². The number of methoxy groups -OCH3 is 1. The Morgan fingerprint density at radius 3 is 3.00 bits per heavy atom. The molecule has 1 heterocycles. The minimum Gasteiger partial charge on any atom is -0.380 e. The predicted molar refractivity (Wildman–Crippen MR) is 79.9 cm³/mol. The molecule has 104 valence electrons. The van der Waals surface area contributed by atoms with E-state index in [0.717, 1.165) is 26.2 Å². The van der Waals surface area contributed by atoms with Crippen molar-refractivity contribution in [2.75, 3.05) is 38.6 Å². The quantitative estimate of drug-likeness (QED) is 0.853. The van der Waals surface area contributed by atoms with Gasteiger partial charge < -0.3 is 15.0 Å². The van der Waals surface area contributed by atoms with Crippen LogP contribution in [-0.4, -0.2) is 44.0 Å². The van der Waals surface area contributed by atoms with Crippen molar-refractivity contribution in [2.24, 2.45) is 4.99 Å². The zero-order valence-electron chi connectivity index (χ0n) is 12.1. The van der Waals surface area contributed by atoms with Crippen LogP contribution in [0.15, 0.2) is 23.2 Å². The number of anilines is 1. The number of aliphatic imine (C=N–C) groups is 1. The van der Waals surface area contributed by atoms with Gasteiger partial charge in [-0.3, -0.25) is 4.99 Å². The van der Waals surface area contributed by atoms with Crippen molar-refractivity contribution in [3.05, 3.63) is 29.3 Å². The smallest absolute Gasteiger partial charge is 0.118 e. The Labute approximate surface area is 115 Å². The van der Waals surface area contributed by atoms with E-state index >= 15 is 0 Å². The monoisotopic (exact) mass is 261 g/mol. The van der Waals surface area contributed by atoms with E-state index in [1.54, 1.807) is 7.11 Å². The number of benzene rings is 1. The number of amidine groups is 1. The molecule has 0 radical (unpaired) electrons. The number of hydrogen-bond donors (Lipinski definition) is 1. The molecule has 1 aromatic carbocycles. The molecule has 1 N–H and O–H groups in total. The number of nitrogens with one attached hydrogen (secondary N) is 1. The highest BCUT2D eigenvalue weighted by atomic mass is 16.5. The largest absolute Gasteiger partial charge is 0.380 e. The molecule has 4 heteroatoms. The topological polar surface area (TPSA) is 36.9 Å². The number of nitrogens with zero attached hydrogens (tertiary/aromatic N) is 2. The maximum atomic E-state index is 5.22. The molecule has 1 aliphatic rings. The van der Waals surface area contributed by atoms with Gasteiger partial charge in [0.05, 0.1) is 19.7 Å². The Balaban J connectivity index is 2.01. The number of hydrogen-bond acceptors (Lipinski definition) is 4. The SMILES string of the molecule is CCN1CCN=C1CNc1cccc(COC)c1C. The summed E-state index contributed by atoms with van der Waals surface area (Å²) >= 11 is 0. The summed E-state index contributed by atoms with van der Waals surface area (Å²) in [4.78, 5) is 6.87. The molecule has 0 atom stereocenters. The normalized spacial score (nSPS) is 14.7. The third-order valence-electron chi connectivity index (χ3n) is 3.59. The molecule has 19 heavy (non-hydrogen) atoms. The van der Waals surface area contributed by atoms with Gasteiger partial charge in [0.15, 0.2) is 0 Å². The lowest BCUT2D eigenvalue weighted by Gasteiger charge is -2.19. The standard InChI is InChI=1S/C15H23N3O/c1-4-18-9-8-16-15(18)10-17-14-7-5-6-13(11-19-3)12(14)2/h5-7,17H,4,8-11H2,1-3H3. The van der Waals surface area contributed by atoms with Crippen LogP contribution in [-0.2, 0) is 11.3 Å². The molecular weight excluding hydrogens is 238 g/mol. The van der Waals surface area contributed by atoms with E-state index in [9.17, 15) is 0 Å². The first kappa shape index (κ1) is 13.9. The Morgan fingerprint density at radius 1 is 1.42 bits per heavy atom. The van der Waals surface area contributed by atoms with E-state index in [2.05, 4.69) is 47.3 Å². The molecule has 1 aliphatic heterocycles. The first-order valence-corrected chi connectivity index (χ1v) is 6.85. The zero-order valence-corrected chi connectivity index (χ0v) is 12.1. The zero-order chi connectivity index (χ0) is 13.7. The van der Waals surface area contributed by atoms with Gasteiger partial charge >= 0.3 is 0 Å². The van der Waals surface area contributed by atoms with Crippen LogP contribution in [0, 0.1) is 6.92 Å². The highest BCUT2D eigenvalue weighted by molar-refractivity contribution is 5.87. The van der Waals surface area contributed by atoms with Crippen LogP contribution >= 0.6 is 0 Å². The summed E-state index contributed by atoms with van der Waals surface area (Å²) in [5.41, 5.74) is 3.65. The molecule has 0 fully saturated rings. The summed E-state index contributed by atoms with van der Waals surface area (Å²) in [5, 5.41) is 3.49. The third kappa shape index (κ3) is 3.26. The van der Waals surface area contributed by atoms with Crippen molar-refractivity contribution in [3.63, 3.8) is 0 Å². The van der Waals surface area contributed by atoms with Gasteiger partial charge in [-0.1, -0.05) is 12.1 Å². The fourth-order valence-corrected chi connectivity index (χ4v) is 2.40. The molecule has 0 saturated heterocycles. The van der Waals surface area contributed by atoms with Crippen molar-refractivity contribution < 1.29 is 4.74 Å². The lowest BCUT2D eigenvalue weighted by molar-refractivity contribution is 0.184. The van der Waals surface area contributed by atoms with Crippen molar-refractivity contribution in [1.29, 1.82) is 0 Å². The molecule has 0 spiro atoms. The highest BCUT2D eigenvalue weighted by Gasteiger charge is 2.14. The van der Waals surface area contributed by atoms with Crippen LogP contribution in [0.2, 0.25) is 0 Å². The summed E-state index contributed by atoms with van der Waals surface area (Å²) in [6, 6.07) is 6.29. The summed E-state index contributed by atoms with van der Waals surface area (Å²) in [5.74, 6) is 1.17. The summed E-state index contributed by atoms with van der Waals surface area (Å²) in [6.07, 6.45) is 0. The highest BCUT2D eigenvalue weighted by Crippen LogP contribution is 2.19. The number of ether oxygens (including phenoxy) is 1. The first-order valence-electron chi connectivity index (χ1n) is 6.85. The van der Waals surface area contributed by atoms with E-state index < -0.39 is 0 Å². The van der Waals surface area contributed by atoms with E-state index in [1.807, 2.05) is 0 Å². The molecule has 0 unspecified atom stereocenters. The van der Waals surface area contributed by atoms with Crippen LogP contribution in [0.4, 0.5) is 5.69 Å². The van der Waals surface area contributed by atoms with E-state index in [0.29, 0.717) is 6.61 Å². The van der Waals surface area contributed by atoms with Crippen LogP contribution in [0.1, 0.15) is 18.1 Å². The summed E-state index contributed by atoms with van der Waals surface area (Å²) < 4.78 is 5.22. The summed E-state index contributed by atoms with van der Waals surface area (Å²) in [7, 11) is 1.73. The van der Waals surface area contributed by atoms with Crippen molar-refractivity contribution in [1.82, 2.24) is 4.90 Å². The van der Waals surface area contributed by atoms with Crippen LogP contribution in [0.3, 0.4) is 0 Å². The molecule has 0 aliphatic carbocycles. The molecule has 4 nitrogen and oxygen atoms in total. The average molecular weight is 261 g/mol. The minimum atomic E-state index is 0.656. The number of rotatable bonds is 6. The van der Waals surface area contributed by atoms with Gasteiger partial charge in [-0.2, -0.15) is 0 Å². The van der Waals surface area contributed by atoms with Crippen molar-refractivity contribution in [3.8, 4) is 0 Å². The van der Waals surface area contributed by atoms with Gasteiger partial charge in [0, 0.05) is 25.9 Å². The van der Waals surface area contributed by atoms with Crippen molar-refractivity contribution in [2.45, 2.75) is 20.5 Å². The van der Waals surface area contributed by atoms with E-state index in [4.69, 9.17) is 4.74 Å². The van der Waals surface area contributed by atoms with Crippen LogP contribution < -0.4 is 5.32 Å². The van der Waals surface area contributed by atoms with Gasteiger partial charge in [-0.05, 0) is 31.0 Å². The Hall–Kier alpha value is -1.55. The first-order chi connectivity index (χ1) is 9.26. The van der Waals surface area contributed by atoms with Crippen LogP contribution in [0.25, 0.3) is 0 Å². The third-order valence-corrected chi connectivity index (χ3v) is 3.59. The molecule has 2 rings (SSSR count). The molecule has 0 aromatic heterocycles. The second-order valence-corrected chi connectivity index (χ2v) is 4.75. The maximum absolute atomic E-state index is 5.22. The van der Waals surface area contributed by atoms with Gasteiger partial charge in [-0.15, -0.1) is 0 Å². The molecule has 0 saturated carbocycles. The molecule has 0 amide bonds. The fourth-order valence-electron chi connectivity index (χ4n) is 2.40. The second-order valence-electron chi connectivity index (χ2n) is 4.75. The Morgan fingerprint density at radius 2 is 2.26 bits per heavy atom. The molecule has 1 aromatic rings. The fraction of sp³-hybridized carbons (Fsp3) is 0.533. The van der Waals surface area contributed by atoms with Gasteiger partial charge in [-0.25, -0.2) is 0 Å². The number of likely N-dealkylation sites (N-methyl/N-ethyl adjacent to an activating group) is 1. The lowest BCUT2D eigenvalue weighted by atomic mass is 10.1. The van der Waals surface area contributed by atoms with Gasteiger partial charge in [0.25, 0.3) is 0 Å². The summed E-state index contributed by atoms with van der Waals surface area (Å²) in [6.45, 7) is 8.76. The average Bonchev–Trinajstić information content (AvgIpc) is 2.87. The van der Waals surface area contributed by atoms with Crippen molar-refractivity contribution >= 4 is 11.5 Å². The molecular formula is C15H23N3O. The lowest BCUT2D eigenvalue weighted by Crippen LogP contribution is -2.32. The van der Waals surface area contributed by atoms with E-state index in [1.165, 1.54) is 22.6 Å². The van der Waals surface area contributed by atoms with Gasteiger partial charge in [0.1, 0.15) is 5.84 Å². The predicted octanol–water partition coefficient (Wildman–Crippen LogP) is 2.29. The Kier molecular flexibility index (Phi) is 4.80. The Bertz CT molecular complexity index is 457. The minimum absolute atomic E-state index is 0.656.